The van der Waals surface area contributed by atoms with Gasteiger partial charge in [0.25, 0.3) is 0 Å². The van der Waals surface area contributed by atoms with Crippen molar-refractivity contribution in [2.24, 2.45) is 0 Å². The van der Waals surface area contributed by atoms with E-state index >= 15 is 0 Å². The van der Waals surface area contributed by atoms with Gasteiger partial charge in [0.15, 0.2) is 0 Å². The van der Waals surface area contributed by atoms with Gasteiger partial charge in [-0.1, -0.05) is 23.7 Å². The van der Waals surface area contributed by atoms with Crippen LogP contribution < -0.4 is 4.90 Å². The molecule has 4 nitrogen and oxygen atoms in total. The molecule has 0 bridgehead atoms. The van der Waals surface area contributed by atoms with E-state index in [1.807, 2.05) is 6.07 Å². The fraction of sp³-hybridized carbons (Fsp3) is 0.222. The molecule has 1 fully saturated rings. The molecule has 24 heavy (non-hydrogen) atoms. The Kier molecular flexibility index (Phi) is 4.52. The Balaban J connectivity index is 1.92. The number of aliphatic hydroxyl groups excluding tert-OH is 1. The first-order chi connectivity index (χ1) is 11.5. The minimum atomic E-state index is -0.822. The fourth-order valence-electron chi connectivity index (χ4n) is 2.94. The van der Waals surface area contributed by atoms with Crippen LogP contribution in [0.1, 0.15) is 17.5 Å². The van der Waals surface area contributed by atoms with Crippen LogP contribution in [0.25, 0.3) is 0 Å². The number of carbonyl (C=O) groups excluding carboxylic acids is 1. The van der Waals surface area contributed by atoms with E-state index in [2.05, 4.69) is 0 Å². The van der Waals surface area contributed by atoms with Crippen molar-refractivity contribution in [3.05, 3.63) is 64.4 Å². The van der Waals surface area contributed by atoms with Gasteiger partial charge < -0.3 is 10.0 Å². The molecular formula is C18H14ClFN2O2. The highest BCUT2D eigenvalue weighted by atomic mass is 35.5. The van der Waals surface area contributed by atoms with Crippen LogP contribution in [0, 0.1) is 17.1 Å². The maximum atomic E-state index is 13.0. The van der Waals surface area contributed by atoms with Crippen molar-refractivity contribution in [3.8, 4) is 6.07 Å². The van der Waals surface area contributed by atoms with Crippen molar-refractivity contribution < 1.29 is 14.3 Å². The number of aliphatic hydroxyl groups is 1. The average molecular weight is 345 g/mol. The van der Waals surface area contributed by atoms with Crippen LogP contribution in [-0.4, -0.2) is 23.2 Å². The first-order valence-corrected chi connectivity index (χ1v) is 7.81. The molecular weight excluding hydrogens is 331 g/mol. The first kappa shape index (κ1) is 16.4. The van der Waals surface area contributed by atoms with Gasteiger partial charge in [0.2, 0.25) is 5.91 Å². The Labute approximate surface area is 143 Å². The van der Waals surface area contributed by atoms with Crippen molar-refractivity contribution in [2.75, 3.05) is 4.90 Å². The van der Waals surface area contributed by atoms with Crippen LogP contribution in [0.4, 0.5) is 10.1 Å². The average Bonchev–Trinajstić information content (AvgIpc) is 2.83. The van der Waals surface area contributed by atoms with Gasteiger partial charge >= 0.3 is 0 Å². The summed E-state index contributed by atoms with van der Waals surface area (Å²) in [6, 6.07) is 12.2. The smallest absolute Gasteiger partial charge is 0.230 e. The maximum Gasteiger partial charge on any atom is 0.230 e. The number of hydrogen-bond acceptors (Lipinski definition) is 3. The number of rotatable bonds is 3. The number of carbonyl (C=O) groups is 1. The van der Waals surface area contributed by atoms with Crippen molar-refractivity contribution >= 4 is 23.2 Å². The topological polar surface area (TPSA) is 64.3 Å². The molecule has 122 valence electrons. The fourth-order valence-corrected chi connectivity index (χ4v) is 3.16. The lowest BCUT2D eigenvalue weighted by Gasteiger charge is -2.27. The highest BCUT2D eigenvalue weighted by Crippen LogP contribution is 2.32. The third-order valence-electron chi connectivity index (χ3n) is 4.14. The van der Waals surface area contributed by atoms with Gasteiger partial charge in [0, 0.05) is 5.69 Å². The molecule has 2 atom stereocenters. The summed E-state index contributed by atoms with van der Waals surface area (Å²) in [7, 11) is 0. The minimum absolute atomic E-state index is 0.0173. The van der Waals surface area contributed by atoms with Crippen LogP contribution in [0.5, 0.6) is 0 Å². The number of nitriles is 1. The van der Waals surface area contributed by atoms with Gasteiger partial charge in [-0.25, -0.2) is 4.39 Å². The van der Waals surface area contributed by atoms with Crippen molar-refractivity contribution in [2.45, 2.75) is 25.0 Å². The van der Waals surface area contributed by atoms with E-state index in [1.54, 1.807) is 30.3 Å². The molecule has 6 heteroatoms. The second kappa shape index (κ2) is 6.60. The summed E-state index contributed by atoms with van der Waals surface area (Å²) in [6.45, 7) is 0. The molecule has 2 aromatic carbocycles. The molecule has 1 amide bonds. The van der Waals surface area contributed by atoms with Crippen LogP contribution in [-0.2, 0) is 11.2 Å². The molecule has 0 aliphatic carbocycles. The first-order valence-electron chi connectivity index (χ1n) is 7.44. The van der Waals surface area contributed by atoms with Crippen LogP contribution in [0.3, 0.4) is 0 Å². The molecule has 1 aliphatic rings. The summed E-state index contributed by atoms with van der Waals surface area (Å²) in [5, 5.41) is 19.5. The van der Waals surface area contributed by atoms with E-state index in [0.717, 1.165) is 5.56 Å². The number of halogens is 2. The lowest BCUT2D eigenvalue weighted by Crippen LogP contribution is -2.38. The number of benzene rings is 2. The second-order valence-electron chi connectivity index (χ2n) is 5.71. The zero-order chi connectivity index (χ0) is 17.3. The van der Waals surface area contributed by atoms with Crippen LogP contribution >= 0.6 is 11.6 Å². The van der Waals surface area contributed by atoms with E-state index in [1.165, 1.54) is 17.0 Å². The van der Waals surface area contributed by atoms with E-state index in [0.29, 0.717) is 17.7 Å². The number of hydrogen-bond donors (Lipinski definition) is 1. The van der Waals surface area contributed by atoms with Crippen LogP contribution in [0.15, 0.2) is 42.5 Å². The molecule has 1 heterocycles. The van der Waals surface area contributed by atoms with E-state index in [-0.39, 0.29) is 23.2 Å². The molecule has 1 saturated heterocycles. The third-order valence-corrected chi connectivity index (χ3v) is 4.45. The number of amides is 1. The van der Waals surface area contributed by atoms with E-state index in [9.17, 15) is 14.3 Å². The molecule has 0 radical (unpaired) electrons. The van der Waals surface area contributed by atoms with Crippen LogP contribution in [0.2, 0.25) is 5.02 Å². The van der Waals surface area contributed by atoms with E-state index < -0.39 is 12.1 Å². The molecule has 0 aromatic heterocycles. The lowest BCUT2D eigenvalue weighted by atomic mass is 10.0. The number of nitrogens with zero attached hydrogens (tertiary/aromatic N) is 2. The summed E-state index contributed by atoms with van der Waals surface area (Å²) in [4.78, 5) is 13.8. The monoisotopic (exact) mass is 344 g/mol. The summed E-state index contributed by atoms with van der Waals surface area (Å²) >= 11 is 6.05. The molecule has 1 N–H and O–H groups in total. The van der Waals surface area contributed by atoms with Crippen molar-refractivity contribution in [1.29, 1.82) is 5.26 Å². The van der Waals surface area contributed by atoms with E-state index in [4.69, 9.17) is 16.9 Å². The SMILES string of the molecule is N#Cc1ccc(N2C(=O)C[C@H](O)[C@@H]2Cc2ccc(F)cc2)cc1Cl. The van der Waals surface area contributed by atoms with Crippen molar-refractivity contribution in [1.82, 2.24) is 0 Å². The highest BCUT2D eigenvalue weighted by Gasteiger charge is 2.39. The third kappa shape index (κ3) is 3.12. The second-order valence-corrected chi connectivity index (χ2v) is 6.12. The van der Waals surface area contributed by atoms with Gasteiger partial charge in [0.05, 0.1) is 29.2 Å². The summed E-state index contributed by atoms with van der Waals surface area (Å²) < 4.78 is 13.0. The Hall–Kier alpha value is -2.42. The lowest BCUT2D eigenvalue weighted by molar-refractivity contribution is -0.117. The number of anilines is 1. The normalized spacial score (nSPS) is 20.2. The largest absolute Gasteiger partial charge is 0.390 e. The minimum Gasteiger partial charge on any atom is -0.390 e. The maximum absolute atomic E-state index is 13.0. The summed E-state index contributed by atoms with van der Waals surface area (Å²) in [5.74, 6) is -0.548. The Morgan fingerprint density at radius 1 is 1.29 bits per heavy atom. The summed E-state index contributed by atoms with van der Waals surface area (Å²) in [5.41, 5.74) is 1.68. The van der Waals surface area contributed by atoms with Gasteiger partial charge in [0.1, 0.15) is 11.9 Å². The standard InChI is InChI=1S/C18H14ClFN2O2/c19-15-8-14(6-3-12(15)10-21)22-16(17(23)9-18(22)24)7-11-1-4-13(20)5-2-11/h1-6,8,16-17,23H,7,9H2/t16-,17-/m0/s1. The molecule has 0 saturated carbocycles. The highest BCUT2D eigenvalue weighted by molar-refractivity contribution is 6.32. The molecule has 3 rings (SSSR count). The predicted octanol–water partition coefficient (Wildman–Crippen LogP) is 3.06. The zero-order valence-electron chi connectivity index (χ0n) is 12.6. The van der Waals surface area contributed by atoms with Gasteiger partial charge in [-0.05, 0) is 42.3 Å². The molecule has 2 aromatic rings. The molecule has 0 unspecified atom stereocenters. The Morgan fingerprint density at radius 2 is 2.00 bits per heavy atom. The van der Waals surface area contributed by atoms with Gasteiger partial charge in [-0.3, -0.25) is 4.79 Å². The molecule has 0 spiro atoms. The summed E-state index contributed by atoms with van der Waals surface area (Å²) in [6.07, 6.45) is -0.411. The van der Waals surface area contributed by atoms with Gasteiger partial charge in [-0.2, -0.15) is 5.26 Å². The Morgan fingerprint density at radius 3 is 2.62 bits per heavy atom. The predicted molar refractivity (Wildman–Crippen MR) is 88.2 cm³/mol. The van der Waals surface area contributed by atoms with Gasteiger partial charge in [-0.15, -0.1) is 0 Å². The molecule has 1 aliphatic heterocycles. The van der Waals surface area contributed by atoms with Crippen molar-refractivity contribution in [3.63, 3.8) is 0 Å². The quantitative estimate of drug-likeness (QED) is 0.930. The zero-order valence-corrected chi connectivity index (χ0v) is 13.4. The Bertz CT molecular complexity index is 817.